The Morgan fingerprint density at radius 1 is 0.567 bits per heavy atom. The molecule has 0 aromatic rings. The fourth-order valence-electron chi connectivity index (χ4n) is 8.82. The van der Waals surface area contributed by atoms with Crippen molar-refractivity contribution >= 4 is 11.9 Å². The number of amides is 1. The molecule has 67 heavy (non-hydrogen) atoms. The number of ether oxygens (including phenoxy) is 3. The Balaban J connectivity index is 2.73. The fourth-order valence-corrected chi connectivity index (χ4v) is 8.82. The molecular weight excluding hydrogens is 847 g/mol. The molecule has 8 unspecified atom stereocenters. The first-order valence-electron chi connectivity index (χ1n) is 28.1. The van der Waals surface area contributed by atoms with Crippen molar-refractivity contribution in [1.29, 1.82) is 0 Å². The normalized spacial score (nSPS) is 20.1. The van der Waals surface area contributed by atoms with Crippen molar-refractivity contribution in [2.45, 2.75) is 307 Å². The van der Waals surface area contributed by atoms with Crippen LogP contribution >= 0.6 is 0 Å². The Morgan fingerprint density at radius 2 is 0.985 bits per heavy atom. The quantitative estimate of drug-likeness (QED) is 0.0196. The van der Waals surface area contributed by atoms with E-state index in [2.05, 4.69) is 38.2 Å². The topological polar surface area (TPSA) is 175 Å². The van der Waals surface area contributed by atoms with Crippen LogP contribution in [0.5, 0.6) is 0 Å². The summed E-state index contributed by atoms with van der Waals surface area (Å²) in [5, 5.41) is 56.7. The molecule has 1 rings (SSSR count). The second kappa shape index (κ2) is 45.3. The molecule has 6 N–H and O–H groups in total. The summed E-state index contributed by atoms with van der Waals surface area (Å²) in [5.41, 5.74) is 0. The van der Waals surface area contributed by atoms with E-state index >= 15 is 0 Å². The first-order valence-corrected chi connectivity index (χ1v) is 28.1. The number of nitrogens with one attached hydrogen (secondary N) is 1. The number of rotatable bonds is 47. The van der Waals surface area contributed by atoms with E-state index in [9.17, 15) is 35.1 Å². The van der Waals surface area contributed by atoms with Crippen LogP contribution in [0.15, 0.2) is 24.3 Å². The Bertz CT molecular complexity index is 1180. The minimum atomic E-state index is -1.61. The first kappa shape index (κ1) is 63.2. The number of allylic oxidation sites excluding steroid dienone is 3. The van der Waals surface area contributed by atoms with Crippen LogP contribution in [0, 0.1) is 0 Å². The molecule has 0 aliphatic carbocycles. The molecule has 394 valence electrons. The van der Waals surface area contributed by atoms with Crippen molar-refractivity contribution in [2.75, 3.05) is 13.2 Å². The zero-order valence-electron chi connectivity index (χ0n) is 43.3. The van der Waals surface area contributed by atoms with Gasteiger partial charge in [-0.15, -0.1) is 0 Å². The molecule has 1 amide bonds. The third-order valence-corrected chi connectivity index (χ3v) is 13.4. The third-order valence-electron chi connectivity index (χ3n) is 13.4. The van der Waals surface area contributed by atoms with Crippen molar-refractivity contribution in [3.05, 3.63) is 24.3 Å². The van der Waals surface area contributed by atoms with E-state index < -0.39 is 67.4 Å². The van der Waals surface area contributed by atoms with E-state index in [0.29, 0.717) is 12.8 Å². The van der Waals surface area contributed by atoms with Gasteiger partial charge in [-0.3, -0.25) is 9.59 Å². The Kier molecular flexibility index (Phi) is 42.7. The second-order valence-corrected chi connectivity index (χ2v) is 19.7. The van der Waals surface area contributed by atoms with Crippen molar-refractivity contribution in [3.8, 4) is 0 Å². The van der Waals surface area contributed by atoms with E-state index in [-0.39, 0.29) is 19.4 Å². The van der Waals surface area contributed by atoms with Gasteiger partial charge in [-0.05, 0) is 51.4 Å². The molecule has 8 atom stereocenters. The van der Waals surface area contributed by atoms with Crippen LogP contribution in [-0.4, -0.2) is 99.6 Å². The predicted octanol–water partition coefficient (Wildman–Crippen LogP) is 12.2. The molecule has 1 aliphatic heterocycles. The lowest BCUT2D eigenvalue weighted by Gasteiger charge is -2.41. The van der Waals surface area contributed by atoms with Crippen LogP contribution < -0.4 is 5.32 Å². The SMILES string of the molecule is CCCCCCCC/C=C/CCCCCCCCC(O)C(=O)NC(COC1OC(CO)C(O)C(O)C1OC(=O)CCCCCCCCCCCCC)C(O)/C=C/CCCCCCCCCCC. The number of carbonyl (C=O) groups is 2. The number of aliphatic hydroxyl groups excluding tert-OH is 5. The maximum atomic E-state index is 13.3. The van der Waals surface area contributed by atoms with Crippen LogP contribution in [0.1, 0.15) is 258 Å². The lowest BCUT2D eigenvalue weighted by molar-refractivity contribution is -0.305. The van der Waals surface area contributed by atoms with Crippen molar-refractivity contribution in [3.63, 3.8) is 0 Å². The zero-order valence-corrected chi connectivity index (χ0v) is 43.3. The molecule has 1 saturated heterocycles. The maximum absolute atomic E-state index is 13.3. The molecule has 0 radical (unpaired) electrons. The van der Waals surface area contributed by atoms with E-state index in [0.717, 1.165) is 70.6 Å². The van der Waals surface area contributed by atoms with Gasteiger partial charge in [-0.2, -0.15) is 0 Å². The number of carbonyl (C=O) groups excluding carboxylic acids is 2. The third kappa shape index (κ3) is 34.2. The van der Waals surface area contributed by atoms with Crippen molar-refractivity contribution < 1.29 is 49.3 Å². The number of esters is 1. The number of unbranched alkanes of at least 4 members (excludes halogenated alkanes) is 31. The van der Waals surface area contributed by atoms with Gasteiger partial charge in [0.05, 0.1) is 25.4 Å². The molecular formula is C56H105NO10. The summed E-state index contributed by atoms with van der Waals surface area (Å²) in [7, 11) is 0. The summed E-state index contributed by atoms with van der Waals surface area (Å²) < 4.78 is 17.5. The molecule has 11 nitrogen and oxygen atoms in total. The molecule has 0 aromatic carbocycles. The molecule has 1 fully saturated rings. The molecule has 1 heterocycles. The highest BCUT2D eigenvalue weighted by molar-refractivity contribution is 5.80. The summed E-state index contributed by atoms with van der Waals surface area (Å²) >= 11 is 0. The number of hydrogen-bond donors (Lipinski definition) is 6. The first-order chi connectivity index (χ1) is 32.7. The largest absolute Gasteiger partial charge is 0.454 e. The Labute approximate surface area is 410 Å². The van der Waals surface area contributed by atoms with Crippen LogP contribution in [0.4, 0.5) is 0 Å². The number of aliphatic hydroxyl groups is 5. The van der Waals surface area contributed by atoms with Gasteiger partial charge in [0.1, 0.15) is 24.4 Å². The summed E-state index contributed by atoms with van der Waals surface area (Å²) in [6.45, 7) is 5.75. The van der Waals surface area contributed by atoms with E-state index in [1.54, 1.807) is 6.08 Å². The van der Waals surface area contributed by atoms with Gasteiger partial charge in [0, 0.05) is 6.42 Å². The standard InChI is InChI=1S/C56H105NO10/c1-4-7-10-13-16-19-22-23-24-25-26-29-31-34-37-40-43-49(60)55(64)57-47(48(59)42-39-36-33-30-27-20-17-14-11-8-5-2)46-65-56-54(53(63)52(62)50(45-58)66-56)67-51(61)44-41-38-35-32-28-21-18-15-12-9-6-3/h23-24,39,42,47-50,52-54,56,58-60,62-63H,4-22,25-38,40-41,43-46H2,1-3H3,(H,57,64)/b24-23+,42-39+. The summed E-state index contributed by atoms with van der Waals surface area (Å²) in [6.07, 6.45) is 39.4. The molecule has 0 saturated carbocycles. The zero-order chi connectivity index (χ0) is 49.0. The predicted molar refractivity (Wildman–Crippen MR) is 274 cm³/mol. The summed E-state index contributed by atoms with van der Waals surface area (Å²) in [6, 6.07) is -1.02. The lowest BCUT2D eigenvalue weighted by atomic mass is 9.99. The molecule has 0 bridgehead atoms. The minimum absolute atomic E-state index is 0.127. The second-order valence-electron chi connectivity index (χ2n) is 19.7. The van der Waals surface area contributed by atoms with Crippen LogP contribution in [0.2, 0.25) is 0 Å². The van der Waals surface area contributed by atoms with Crippen molar-refractivity contribution in [1.82, 2.24) is 5.32 Å². The number of hydrogen-bond acceptors (Lipinski definition) is 10. The van der Waals surface area contributed by atoms with Crippen LogP contribution in [0.25, 0.3) is 0 Å². The van der Waals surface area contributed by atoms with Gasteiger partial charge in [0.25, 0.3) is 0 Å². The van der Waals surface area contributed by atoms with E-state index in [1.807, 2.05) is 6.08 Å². The highest BCUT2D eigenvalue weighted by atomic mass is 16.7. The van der Waals surface area contributed by atoms with Crippen LogP contribution in [-0.2, 0) is 23.8 Å². The van der Waals surface area contributed by atoms with Crippen LogP contribution in [0.3, 0.4) is 0 Å². The smallest absolute Gasteiger partial charge is 0.306 e. The molecule has 11 heteroatoms. The average molecular weight is 952 g/mol. The summed E-state index contributed by atoms with van der Waals surface area (Å²) in [4.78, 5) is 26.4. The van der Waals surface area contributed by atoms with Gasteiger partial charge in [0.2, 0.25) is 5.91 Å². The van der Waals surface area contributed by atoms with Gasteiger partial charge in [-0.25, -0.2) is 0 Å². The van der Waals surface area contributed by atoms with Gasteiger partial charge in [-0.1, -0.05) is 225 Å². The maximum Gasteiger partial charge on any atom is 0.306 e. The molecule has 0 spiro atoms. The van der Waals surface area contributed by atoms with Gasteiger partial charge in [0.15, 0.2) is 12.4 Å². The van der Waals surface area contributed by atoms with Gasteiger partial charge >= 0.3 is 5.97 Å². The lowest BCUT2D eigenvalue weighted by Crippen LogP contribution is -2.61. The van der Waals surface area contributed by atoms with E-state index in [4.69, 9.17) is 14.2 Å². The highest BCUT2D eigenvalue weighted by Crippen LogP contribution is 2.26. The van der Waals surface area contributed by atoms with Gasteiger partial charge < -0.3 is 45.1 Å². The summed E-state index contributed by atoms with van der Waals surface area (Å²) in [5.74, 6) is -1.19. The Morgan fingerprint density at radius 3 is 1.45 bits per heavy atom. The van der Waals surface area contributed by atoms with E-state index in [1.165, 1.54) is 141 Å². The molecule has 1 aliphatic rings. The monoisotopic (exact) mass is 952 g/mol. The minimum Gasteiger partial charge on any atom is -0.454 e. The van der Waals surface area contributed by atoms with Crippen molar-refractivity contribution in [2.24, 2.45) is 0 Å². The Hall–Kier alpha value is -1.86. The fraction of sp³-hybridized carbons (Fsp3) is 0.893. The average Bonchev–Trinajstić information content (AvgIpc) is 3.32. The molecule has 0 aromatic heterocycles. The highest BCUT2D eigenvalue weighted by Gasteiger charge is 2.47.